The smallest absolute Gasteiger partial charge is 0.237 e. The standard InChI is InChI=1S/C17H22Cl2N2O2/c18-12-5-11(6-13(19)8-12)16(22)9-20-17(23)15-7-10-3-1-2-4-14(10)21-15/h5-6,8,10,14-16,21-22H,1-4,7,9H2,(H,20,23). The van der Waals surface area contributed by atoms with E-state index in [1.807, 2.05) is 0 Å². The van der Waals surface area contributed by atoms with Crippen LogP contribution in [-0.4, -0.2) is 29.6 Å². The van der Waals surface area contributed by atoms with Gasteiger partial charge in [0, 0.05) is 22.6 Å². The van der Waals surface area contributed by atoms with Crippen LogP contribution in [0, 0.1) is 5.92 Å². The van der Waals surface area contributed by atoms with Crippen LogP contribution in [0.1, 0.15) is 43.8 Å². The van der Waals surface area contributed by atoms with Gasteiger partial charge < -0.3 is 15.7 Å². The molecule has 2 fully saturated rings. The number of carbonyl (C=O) groups is 1. The largest absolute Gasteiger partial charge is 0.387 e. The molecule has 0 bridgehead atoms. The van der Waals surface area contributed by atoms with Crippen molar-refractivity contribution in [3.05, 3.63) is 33.8 Å². The number of fused-ring (bicyclic) bond motifs is 1. The van der Waals surface area contributed by atoms with Crippen LogP contribution in [0.4, 0.5) is 0 Å². The molecule has 0 radical (unpaired) electrons. The summed E-state index contributed by atoms with van der Waals surface area (Å²) in [5, 5.41) is 17.4. The van der Waals surface area contributed by atoms with Gasteiger partial charge in [-0.3, -0.25) is 4.79 Å². The van der Waals surface area contributed by atoms with E-state index in [0.29, 0.717) is 27.6 Å². The lowest BCUT2D eigenvalue weighted by atomic mass is 9.85. The minimum atomic E-state index is -0.821. The van der Waals surface area contributed by atoms with E-state index in [1.165, 1.54) is 19.3 Å². The monoisotopic (exact) mass is 356 g/mol. The molecule has 0 aromatic heterocycles. The Labute approximate surface area is 146 Å². The third-order valence-electron chi connectivity index (χ3n) is 4.92. The molecule has 1 aromatic carbocycles. The maximum atomic E-state index is 12.3. The lowest BCUT2D eigenvalue weighted by Crippen LogP contribution is -2.44. The van der Waals surface area contributed by atoms with Crippen LogP contribution in [0.25, 0.3) is 0 Å². The van der Waals surface area contributed by atoms with Crippen molar-refractivity contribution >= 4 is 29.1 Å². The predicted molar refractivity (Wildman–Crippen MR) is 91.7 cm³/mol. The van der Waals surface area contributed by atoms with E-state index in [2.05, 4.69) is 10.6 Å². The molecule has 1 heterocycles. The van der Waals surface area contributed by atoms with E-state index in [0.717, 1.165) is 12.8 Å². The minimum Gasteiger partial charge on any atom is -0.387 e. The summed E-state index contributed by atoms with van der Waals surface area (Å²) >= 11 is 11.9. The van der Waals surface area contributed by atoms with Crippen LogP contribution in [0.2, 0.25) is 10.0 Å². The number of hydrogen-bond donors (Lipinski definition) is 3. The van der Waals surface area contributed by atoms with Gasteiger partial charge in [0.1, 0.15) is 0 Å². The van der Waals surface area contributed by atoms with E-state index < -0.39 is 6.10 Å². The molecule has 6 heteroatoms. The number of amides is 1. The molecule has 1 amide bonds. The second kappa shape index (κ2) is 7.39. The molecule has 2 aliphatic rings. The molecule has 0 spiro atoms. The average Bonchev–Trinajstić information content (AvgIpc) is 2.95. The topological polar surface area (TPSA) is 61.4 Å². The molecular formula is C17H22Cl2N2O2. The highest BCUT2D eigenvalue weighted by Crippen LogP contribution is 2.33. The lowest BCUT2D eigenvalue weighted by Gasteiger charge is -2.24. The lowest BCUT2D eigenvalue weighted by molar-refractivity contribution is -0.123. The van der Waals surface area contributed by atoms with Crippen LogP contribution >= 0.6 is 23.2 Å². The van der Waals surface area contributed by atoms with Gasteiger partial charge in [0.15, 0.2) is 0 Å². The molecule has 1 aliphatic heterocycles. The first-order valence-electron chi connectivity index (χ1n) is 8.21. The SMILES string of the molecule is O=C(NCC(O)c1cc(Cl)cc(Cl)c1)C1CC2CCCCC2N1. The second-order valence-corrected chi connectivity index (χ2v) is 7.44. The molecule has 4 unspecified atom stereocenters. The highest BCUT2D eigenvalue weighted by Gasteiger charge is 2.38. The number of aliphatic hydroxyl groups is 1. The molecule has 4 nitrogen and oxygen atoms in total. The quantitative estimate of drug-likeness (QED) is 0.776. The molecule has 1 aliphatic carbocycles. The Balaban J connectivity index is 1.52. The van der Waals surface area contributed by atoms with Crippen molar-refractivity contribution < 1.29 is 9.90 Å². The van der Waals surface area contributed by atoms with E-state index >= 15 is 0 Å². The summed E-state index contributed by atoms with van der Waals surface area (Å²) < 4.78 is 0. The summed E-state index contributed by atoms with van der Waals surface area (Å²) in [6.07, 6.45) is 4.97. The summed E-state index contributed by atoms with van der Waals surface area (Å²) in [7, 11) is 0. The highest BCUT2D eigenvalue weighted by atomic mass is 35.5. The molecule has 23 heavy (non-hydrogen) atoms. The van der Waals surface area contributed by atoms with Crippen molar-refractivity contribution in [1.29, 1.82) is 0 Å². The normalized spacial score (nSPS) is 28.2. The maximum Gasteiger partial charge on any atom is 0.237 e. The maximum absolute atomic E-state index is 12.3. The predicted octanol–water partition coefficient (Wildman–Crippen LogP) is 3.06. The Morgan fingerprint density at radius 2 is 1.96 bits per heavy atom. The Bertz CT molecular complexity index is 547. The molecule has 1 aromatic rings. The number of benzene rings is 1. The van der Waals surface area contributed by atoms with Crippen molar-refractivity contribution in [2.45, 2.75) is 50.3 Å². The van der Waals surface area contributed by atoms with Crippen molar-refractivity contribution in [2.24, 2.45) is 5.92 Å². The number of carbonyl (C=O) groups excluding carboxylic acids is 1. The van der Waals surface area contributed by atoms with Crippen LogP contribution in [0.3, 0.4) is 0 Å². The molecular weight excluding hydrogens is 335 g/mol. The summed E-state index contributed by atoms with van der Waals surface area (Å²) in [6, 6.07) is 5.27. The van der Waals surface area contributed by atoms with Gasteiger partial charge in [-0.25, -0.2) is 0 Å². The average molecular weight is 357 g/mol. The van der Waals surface area contributed by atoms with Gasteiger partial charge in [0.05, 0.1) is 12.1 Å². The zero-order valence-electron chi connectivity index (χ0n) is 12.9. The second-order valence-electron chi connectivity index (χ2n) is 6.57. The molecule has 3 N–H and O–H groups in total. The first-order valence-corrected chi connectivity index (χ1v) is 8.96. The van der Waals surface area contributed by atoms with Gasteiger partial charge in [0.25, 0.3) is 0 Å². The zero-order chi connectivity index (χ0) is 16.4. The Kier molecular flexibility index (Phi) is 5.47. The molecule has 1 saturated heterocycles. The van der Waals surface area contributed by atoms with E-state index in [4.69, 9.17) is 23.2 Å². The first kappa shape index (κ1) is 17.0. The third kappa shape index (κ3) is 4.18. The Hall–Kier alpha value is -0.810. The van der Waals surface area contributed by atoms with Gasteiger partial charge >= 0.3 is 0 Å². The Morgan fingerprint density at radius 3 is 2.65 bits per heavy atom. The van der Waals surface area contributed by atoms with Crippen LogP contribution in [0.5, 0.6) is 0 Å². The van der Waals surface area contributed by atoms with Gasteiger partial charge in [-0.2, -0.15) is 0 Å². The molecule has 4 atom stereocenters. The fourth-order valence-corrected chi connectivity index (χ4v) is 4.27. The van der Waals surface area contributed by atoms with E-state index in [9.17, 15) is 9.90 Å². The first-order chi connectivity index (χ1) is 11.0. The summed E-state index contributed by atoms with van der Waals surface area (Å²) in [6.45, 7) is 0.156. The number of halogens is 2. The van der Waals surface area contributed by atoms with Gasteiger partial charge in [-0.1, -0.05) is 36.0 Å². The summed E-state index contributed by atoms with van der Waals surface area (Å²) in [4.78, 5) is 12.3. The molecule has 126 valence electrons. The van der Waals surface area contributed by atoms with Crippen LogP contribution in [-0.2, 0) is 4.79 Å². The fourth-order valence-electron chi connectivity index (χ4n) is 3.73. The van der Waals surface area contributed by atoms with Gasteiger partial charge in [-0.05, 0) is 48.9 Å². The van der Waals surface area contributed by atoms with Crippen molar-refractivity contribution in [3.8, 4) is 0 Å². The van der Waals surface area contributed by atoms with Gasteiger partial charge in [-0.15, -0.1) is 0 Å². The van der Waals surface area contributed by atoms with Crippen LogP contribution in [0.15, 0.2) is 18.2 Å². The third-order valence-corrected chi connectivity index (χ3v) is 5.36. The summed E-state index contributed by atoms with van der Waals surface area (Å²) in [5.41, 5.74) is 0.607. The Morgan fingerprint density at radius 1 is 1.26 bits per heavy atom. The van der Waals surface area contributed by atoms with Crippen molar-refractivity contribution in [3.63, 3.8) is 0 Å². The minimum absolute atomic E-state index is 0.0356. The van der Waals surface area contributed by atoms with E-state index in [1.54, 1.807) is 18.2 Å². The zero-order valence-corrected chi connectivity index (χ0v) is 14.4. The number of nitrogens with one attached hydrogen (secondary N) is 2. The summed E-state index contributed by atoms with van der Waals surface area (Å²) in [5.74, 6) is 0.586. The van der Waals surface area contributed by atoms with Crippen molar-refractivity contribution in [2.75, 3.05) is 6.54 Å². The number of rotatable bonds is 4. The van der Waals surface area contributed by atoms with E-state index in [-0.39, 0.29) is 18.5 Å². The van der Waals surface area contributed by atoms with Crippen LogP contribution < -0.4 is 10.6 Å². The van der Waals surface area contributed by atoms with Crippen molar-refractivity contribution in [1.82, 2.24) is 10.6 Å². The van der Waals surface area contributed by atoms with Gasteiger partial charge in [0.2, 0.25) is 5.91 Å². The highest BCUT2D eigenvalue weighted by molar-refractivity contribution is 6.34. The molecule has 1 saturated carbocycles. The molecule has 3 rings (SSSR count). The number of aliphatic hydroxyl groups excluding tert-OH is 1. The fraction of sp³-hybridized carbons (Fsp3) is 0.588. The number of hydrogen-bond acceptors (Lipinski definition) is 3.